The van der Waals surface area contributed by atoms with Gasteiger partial charge in [-0.3, -0.25) is 10.1 Å². The van der Waals surface area contributed by atoms with Gasteiger partial charge in [0.15, 0.2) is 0 Å². The Labute approximate surface area is 153 Å². The number of hydrogen-bond donors (Lipinski definition) is 1. The molecule has 1 heterocycles. The molecule has 0 saturated heterocycles. The van der Waals surface area contributed by atoms with Gasteiger partial charge in [0.1, 0.15) is 17.6 Å². The maximum atomic E-state index is 12.1. The molecule has 1 aliphatic rings. The summed E-state index contributed by atoms with van der Waals surface area (Å²) in [4.78, 5) is 22.9. The van der Waals surface area contributed by atoms with Gasteiger partial charge in [0.2, 0.25) is 0 Å². The summed E-state index contributed by atoms with van der Waals surface area (Å²) in [5, 5.41) is 2.79. The third-order valence-electron chi connectivity index (χ3n) is 4.07. The minimum absolute atomic E-state index is 0.489. The standard InChI is InChI=1S/C21H23NO4/c1-21(2,3)26-20(24)22-17-11-16(18-8-9-25-19(18)12-17)10-14-4-6-15(13-23)7-5-14/h4-7,11-13H,8-10H2,1-3H3,(H,22,24). The van der Waals surface area contributed by atoms with E-state index >= 15 is 0 Å². The summed E-state index contributed by atoms with van der Waals surface area (Å²) >= 11 is 0. The number of carbonyl (C=O) groups is 2. The fraction of sp³-hybridized carbons (Fsp3) is 0.333. The molecule has 0 radical (unpaired) electrons. The average molecular weight is 353 g/mol. The lowest BCUT2D eigenvalue weighted by molar-refractivity contribution is 0.0636. The van der Waals surface area contributed by atoms with Gasteiger partial charge in [0, 0.05) is 29.3 Å². The van der Waals surface area contributed by atoms with Crippen molar-refractivity contribution in [3.8, 4) is 5.75 Å². The summed E-state index contributed by atoms with van der Waals surface area (Å²) in [5.41, 5.74) is 4.12. The van der Waals surface area contributed by atoms with Gasteiger partial charge in [-0.15, -0.1) is 0 Å². The van der Waals surface area contributed by atoms with E-state index in [4.69, 9.17) is 9.47 Å². The minimum atomic E-state index is -0.555. The molecule has 5 nitrogen and oxygen atoms in total. The predicted octanol–water partition coefficient (Wildman–Crippen LogP) is 4.37. The van der Waals surface area contributed by atoms with E-state index in [1.54, 1.807) is 0 Å². The first-order valence-electron chi connectivity index (χ1n) is 8.67. The van der Waals surface area contributed by atoms with E-state index in [-0.39, 0.29) is 0 Å². The average Bonchev–Trinajstić information content (AvgIpc) is 3.02. The molecule has 0 atom stereocenters. The molecule has 0 aromatic heterocycles. The van der Waals surface area contributed by atoms with E-state index in [2.05, 4.69) is 5.32 Å². The summed E-state index contributed by atoms with van der Waals surface area (Å²) in [6.45, 7) is 6.12. The molecule has 1 amide bonds. The molecule has 3 rings (SSSR count). The lowest BCUT2D eigenvalue weighted by Gasteiger charge is -2.20. The zero-order valence-corrected chi connectivity index (χ0v) is 15.3. The number of amides is 1. The highest BCUT2D eigenvalue weighted by Gasteiger charge is 2.20. The summed E-state index contributed by atoms with van der Waals surface area (Å²) in [7, 11) is 0. The van der Waals surface area contributed by atoms with Crippen LogP contribution in [0.25, 0.3) is 0 Å². The Kier molecular flexibility index (Phi) is 4.98. The van der Waals surface area contributed by atoms with Crippen molar-refractivity contribution in [3.05, 3.63) is 58.7 Å². The van der Waals surface area contributed by atoms with E-state index in [1.807, 2.05) is 57.2 Å². The number of anilines is 1. The van der Waals surface area contributed by atoms with Crippen LogP contribution in [0, 0.1) is 0 Å². The summed E-state index contributed by atoms with van der Waals surface area (Å²) in [6.07, 6.45) is 1.90. The molecule has 0 saturated carbocycles. The van der Waals surface area contributed by atoms with E-state index < -0.39 is 11.7 Å². The van der Waals surface area contributed by atoms with Crippen molar-refractivity contribution < 1.29 is 19.1 Å². The normalized spacial score (nSPS) is 12.9. The second kappa shape index (κ2) is 7.20. The lowest BCUT2D eigenvalue weighted by atomic mass is 9.97. The number of ether oxygens (including phenoxy) is 2. The number of hydrogen-bond acceptors (Lipinski definition) is 4. The minimum Gasteiger partial charge on any atom is -0.493 e. The lowest BCUT2D eigenvalue weighted by Crippen LogP contribution is -2.27. The van der Waals surface area contributed by atoms with Crippen LogP contribution >= 0.6 is 0 Å². The van der Waals surface area contributed by atoms with Crippen molar-refractivity contribution in [3.63, 3.8) is 0 Å². The molecule has 0 fully saturated rings. The number of carbonyl (C=O) groups excluding carboxylic acids is 2. The van der Waals surface area contributed by atoms with Crippen molar-refractivity contribution in [2.24, 2.45) is 0 Å². The maximum absolute atomic E-state index is 12.1. The highest BCUT2D eigenvalue weighted by Crippen LogP contribution is 2.33. The van der Waals surface area contributed by atoms with Crippen molar-refractivity contribution in [2.75, 3.05) is 11.9 Å². The largest absolute Gasteiger partial charge is 0.493 e. The third-order valence-corrected chi connectivity index (χ3v) is 4.07. The Morgan fingerprint density at radius 2 is 1.96 bits per heavy atom. The van der Waals surface area contributed by atoms with Crippen molar-refractivity contribution in [2.45, 2.75) is 39.2 Å². The molecule has 136 valence electrons. The summed E-state index contributed by atoms with van der Waals surface area (Å²) in [6, 6.07) is 11.3. The molecule has 0 aliphatic carbocycles. The van der Waals surface area contributed by atoms with Crippen LogP contribution in [0.1, 0.15) is 47.8 Å². The third kappa shape index (κ3) is 4.42. The zero-order chi connectivity index (χ0) is 18.7. The number of rotatable bonds is 4. The van der Waals surface area contributed by atoms with Gasteiger partial charge in [-0.25, -0.2) is 4.79 Å². The van der Waals surface area contributed by atoms with Crippen molar-refractivity contribution in [1.29, 1.82) is 0 Å². The Balaban J connectivity index is 1.83. The number of aldehydes is 1. The SMILES string of the molecule is CC(C)(C)OC(=O)Nc1cc(Cc2ccc(C=O)cc2)c2c(c1)OCC2. The smallest absolute Gasteiger partial charge is 0.412 e. The van der Waals surface area contributed by atoms with Crippen LogP contribution in [-0.4, -0.2) is 24.6 Å². The van der Waals surface area contributed by atoms with Crippen molar-refractivity contribution >= 4 is 18.1 Å². The van der Waals surface area contributed by atoms with Gasteiger partial charge in [0.05, 0.1) is 6.61 Å². The Hall–Kier alpha value is -2.82. The monoisotopic (exact) mass is 353 g/mol. The first-order valence-corrected chi connectivity index (χ1v) is 8.67. The van der Waals surface area contributed by atoms with E-state index in [1.165, 1.54) is 5.56 Å². The van der Waals surface area contributed by atoms with Crippen LogP contribution in [0.15, 0.2) is 36.4 Å². The first kappa shape index (κ1) is 18.0. The second-order valence-corrected chi connectivity index (χ2v) is 7.37. The van der Waals surface area contributed by atoms with Crippen LogP contribution < -0.4 is 10.1 Å². The highest BCUT2D eigenvalue weighted by atomic mass is 16.6. The predicted molar refractivity (Wildman–Crippen MR) is 100 cm³/mol. The van der Waals surface area contributed by atoms with Crippen LogP contribution in [-0.2, 0) is 17.6 Å². The fourth-order valence-corrected chi connectivity index (χ4v) is 2.96. The Bertz CT molecular complexity index is 819. The molecule has 0 bridgehead atoms. The number of fused-ring (bicyclic) bond motifs is 1. The molecule has 1 N–H and O–H groups in total. The van der Waals surface area contributed by atoms with Gasteiger partial charge in [-0.2, -0.15) is 0 Å². The summed E-state index contributed by atoms with van der Waals surface area (Å²) < 4.78 is 11.0. The van der Waals surface area contributed by atoms with Crippen molar-refractivity contribution in [1.82, 2.24) is 0 Å². The molecular weight excluding hydrogens is 330 g/mol. The molecule has 26 heavy (non-hydrogen) atoms. The van der Waals surface area contributed by atoms with Crippen LogP contribution in [0.3, 0.4) is 0 Å². The van der Waals surface area contributed by atoms with Crippen LogP contribution in [0.2, 0.25) is 0 Å². The van der Waals surface area contributed by atoms with Gasteiger partial charge in [0.25, 0.3) is 0 Å². The molecular formula is C21H23NO4. The van der Waals surface area contributed by atoms with E-state index in [0.717, 1.165) is 29.6 Å². The van der Waals surface area contributed by atoms with Crippen LogP contribution in [0.5, 0.6) is 5.75 Å². The fourth-order valence-electron chi connectivity index (χ4n) is 2.96. The van der Waals surface area contributed by atoms with Gasteiger partial charge >= 0.3 is 6.09 Å². The molecule has 2 aromatic rings. The van der Waals surface area contributed by atoms with E-state index in [0.29, 0.717) is 24.3 Å². The topological polar surface area (TPSA) is 64.6 Å². The van der Waals surface area contributed by atoms with Gasteiger partial charge in [-0.05, 0) is 44.4 Å². The summed E-state index contributed by atoms with van der Waals surface area (Å²) in [5.74, 6) is 0.804. The zero-order valence-electron chi connectivity index (χ0n) is 15.3. The van der Waals surface area contributed by atoms with Gasteiger partial charge in [-0.1, -0.05) is 24.3 Å². The highest BCUT2D eigenvalue weighted by molar-refractivity contribution is 5.85. The number of nitrogens with one attached hydrogen (secondary N) is 1. The van der Waals surface area contributed by atoms with E-state index in [9.17, 15) is 9.59 Å². The first-order chi connectivity index (χ1) is 12.3. The quantitative estimate of drug-likeness (QED) is 0.829. The molecule has 2 aromatic carbocycles. The molecule has 0 spiro atoms. The maximum Gasteiger partial charge on any atom is 0.412 e. The van der Waals surface area contributed by atoms with Crippen LogP contribution in [0.4, 0.5) is 10.5 Å². The Morgan fingerprint density at radius 1 is 1.23 bits per heavy atom. The number of benzene rings is 2. The molecule has 0 unspecified atom stereocenters. The molecule has 1 aliphatic heterocycles. The van der Waals surface area contributed by atoms with Gasteiger partial charge < -0.3 is 9.47 Å². The Morgan fingerprint density at radius 3 is 2.62 bits per heavy atom. The second-order valence-electron chi connectivity index (χ2n) is 7.37. The molecule has 5 heteroatoms.